The molecule has 1 saturated heterocycles. The second kappa shape index (κ2) is 8.66. The second-order valence-electron chi connectivity index (χ2n) is 8.50. The molecule has 1 fully saturated rings. The van der Waals surface area contributed by atoms with Crippen molar-refractivity contribution in [3.8, 4) is 0 Å². The van der Waals surface area contributed by atoms with E-state index in [1.54, 1.807) is 27.1 Å². The summed E-state index contributed by atoms with van der Waals surface area (Å²) in [5.74, 6) is -0.205. The number of hydrogen-bond donors (Lipinski definition) is 1. The van der Waals surface area contributed by atoms with Crippen LogP contribution in [0.3, 0.4) is 0 Å². The molecule has 8 nitrogen and oxygen atoms in total. The molecule has 0 radical (unpaired) electrons. The van der Waals surface area contributed by atoms with Crippen LogP contribution in [0.5, 0.6) is 0 Å². The molecule has 2 aromatic heterocycles. The molecule has 1 N–H and O–H groups in total. The van der Waals surface area contributed by atoms with Crippen LogP contribution in [-0.2, 0) is 11.3 Å². The first-order chi connectivity index (χ1) is 14.9. The molecular weight excluding hydrogens is 414 g/mol. The summed E-state index contributed by atoms with van der Waals surface area (Å²) in [4.78, 5) is 49.3. The lowest BCUT2D eigenvalue weighted by Crippen LogP contribution is -2.62. The predicted molar refractivity (Wildman–Crippen MR) is 119 cm³/mol. The summed E-state index contributed by atoms with van der Waals surface area (Å²) >= 11 is 1.33. The number of thiophene rings is 1. The van der Waals surface area contributed by atoms with Crippen LogP contribution in [0.4, 0.5) is 10.5 Å². The smallest absolute Gasteiger partial charge is 0.323 e. The zero-order valence-electron chi connectivity index (χ0n) is 17.9. The van der Waals surface area contributed by atoms with E-state index in [2.05, 4.69) is 10.3 Å². The highest BCUT2D eigenvalue weighted by atomic mass is 32.1. The molecule has 0 aliphatic carbocycles. The van der Waals surface area contributed by atoms with Crippen molar-refractivity contribution in [2.45, 2.75) is 33.5 Å². The molecular formula is C22H27N5O3S. The molecule has 2 unspecified atom stereocenters. The van der Waals surface area contributed by atoms with Crippen LogP contribution in [-0.4, -0.2) is 58.4 Å². The molecule has 2 atom stereocenters. The number of nitrogens with zero attached hydrogens (tertiary/aromatic N) is 4. The monoisotopic (exact) mass is 441 g/mol. The number of hydrogen-bond acceptors (Lipinski definition) is 5. The van der Waals surface area contributed by atoms with E-state index in [4.69, 9.17) is 0 Å². The molecule has 31 heavy (non-hydrogen) atoms. The third-order valence-electron chi connectivity index (χ3n) is 5.61. The maximum absolute atomic E-state index is 13.3. The van der Waals surface area contributed by atoms with Crippen LogP contribution in [0.15, 0.2) is 36.0 Å². The van der Waals surface area contributed by atoms with Crippen molar-refractivity contribution in [1.82, 2.24) is 20.1 Å². The van der Waals surface area contributed by atoms with Gasteiger partial charge in [0, 0.05) is 32.0 Å². The number of carbonyl (C=O) groups excluding carboxylic acids is 3. The van der Waals surface area contributed by atoms with Gasteiger partial charge in [-0.05, 0) is 35.1 Å². The molecule has 9 heteroatoms. The Kier molecular flexibility index (Phi) is 5.95. The number of aromatic nitrogens is 1. The highest BCUT2D eigenvalue weighted by molar-refractivity contribution is 7.12. The first-order valence-corrected chi connectivity index (χ1v) is 11.4. The number of anilines is 1. The van der Waals surface area contributed by atoms with Gasteiger partial charge in [0.15, 0.2) is 0 Å². The number of urea groups is 1. The van der Waals surface area contributed by atoms with E-state index < -0.39 is 6.17 Å². The van der Waals surface area contributed by atoms with Gasteiger partial charge in [-0.25, -0.2) is 4.79 Å². The van der Waals surface area contributed by atoms with Gasteiger partial charge in [0.25, 0.3) is 5.91 Å². The molecule has 4 rings (SSSR count). The average molecular weight is 442 g/mol. The standard InChI is InChI=1S/C22H27N5O3S/c1-14(2)10-24-22(30)27-17-6-9-31-19(17)21(29)26-11-15(3)20(28)25(13-18(26)27)12-16-4-7-23-8-5-16/h4-9,14-15,18H,10-13H2,1-3H3,(H,24,30). The molecule has 4 heterocycles. The summed E-state index contributed by atoms with van der Waals surface area (Å²) in [5.41, 5.74) is 1.57. The molecule has 164 valence electrons. The van der Waals surface area contributed by atoms with E-state index in [0.717, 1.165) is 5.56 Å². The fourth-order valence-electron chi connectivity index (χ4n) is 4.05. The van der Waals surface area contributed by atoms with Crippen LogP contribution >= 0.6 is 11.3 Å². The van der Waals surface area contributed by atoms with E-state index in [-0.39, 0.29) is 36.9 Å². The van der Waals surface area contributed by atoms with Gasteiger partial charge in [-0.1, -0.05) is 20.8 Å². The summed E-state index contributed by atoms with van der Waals surface area (Å²) in [6.07, 6.45) is 2.83. The van der Waals surface area contributed by atoms with Gasteiger partial charge in [0.1, 0.15) is 11.0 Å². The van der Waals surface area contributed by atoms with Crippen molar-refractivity contribution in [2.75, 3.05) is 24.5 Å². The predicted octanol–water partition coefficient (Wildman–Crippen LogP) is 2.78. The number of amides is 4. The Morgan fingerprint density at radius 2 is 1.97 bits per heavy atom. The van der Waals surface area contributed by atoms with Gasteiger partial charge < -0.3 is 15.1 Å². The quantitative estimate of drug-likeness (QED) is 0.791. The molecule has 0 aromatic carbocycles. The molecule has 2 aliphatic rings. The Morgan fingerprint density at radius 3 is 2.68 bits per heavy atom. The van der Waals surface area contributed by atoms with Crippen molar-refractivity contribution in [3.05, 3.63) is 46.4 Å². The summed E-state index contributed by atoms with van der Waals surface area (Å²) in [7, 11) is 0. The topological polar surface area (TPSA) is 85.8 Å². The maximum Gasteiger partial charge on any atom is 0.323 e. The van der Waals surface area contributed by atoms with Crippen molar-refractivity contribution in [3.63, 3.8) is 0 Å². The van der Waals surface area contributed by atoms with E-state index in [9.17, 15) is 14.4 Å². The summed E-state index contributed by atoms with van der Waals surface area (Å²) in [5, 5.41) is 4.81. The lowest BCUT2D eigenvalue weighted by Gasteiger charge is -2.43. The average Bonchev–Trinajstić information content (AvgIpc) is 3.20. The normalized spacial score (nSPS) is 21.1. The molecule has 0 saturated carbocycles. The van der Waals surface area contributed by atoms with Crippen molar-refractivity contribution >= 4 is 34.9 Å². The summed E-state index contributed by atoms with van der Waals surface area (Å²) < 4.78 is 0. The van der Waals surface area contributed by atoms with Crippen molar-refractivity contribution in [2.24, 2.45) is 11.8 Å². The minimum atomic E-state index is -0.558. The second-order valence-corrected chi connectivity index (χ2v) is 9.41. The highest BCUT2D eigenvalue weighted by Crippen LogP contribution is 2.37. The van der Waals surface area contributed by atoms with Crippen LogP contribution in [0.2, 0.25) is 0 Å². The van der Waals surface area contributed by atoms with Crippen LogP contribution in [0.1, 0.15) is 36.0 Å². The van der Waals surface area contributed by atoms with Crippen LogP contribution in [0, 0.1) is 11.8 Å². The maximum atomic E-state index is 13.3. The SMILES string of the molecule is CC(C)CNC(=O)N1c2ccsc2C(=O)N2CC(C)C(=O)N(Cc3ccncc3)CC21. The van der Waals surface area contributed by atoms with E-state index >= 15 is 0 Å². The van der Waals surface area contributed by atoms with Gasteiger partial charge in [0.2, 0.25) is 5.91 Å². The molecule has 0 bridgehead atoms. The summed E-state index contributed by atoms with van der Waals surface area (Å²) in [6, 6.07) is 5.31. The Balaban J connectivity index is 1.70. The molecule has 2 aliphatic heterocycles. The minimum Gasteiger partial charge on any atom is -0.337 e. The lowest BCUT2D eigenvalue weighted by molar-refractivity contribution is -0.134. The van der Waals surface area contributed by atoms with Gasteiger partial charge in [0.05, 0.1) is 18.2 Å². The highest BCUT2D eigenvalue weighted by Gasteiger charge is 2.46. The first kappa shape index (κ1) is 21.3. The van der Waals surface area contributed by atoms with Crippen molar-refractivity contribution in [1.29, 1.82) is 0 Å². The van der Waals surface area contributed by atoms with E-state index in [0.29, 0.717) is 29.6 Å². The van der Waals surface area contributed by atoms with Gasteiger partial charge in [-0.2, -0.15) is 0 Å². The molecule has 0 spiro atoms. The lowest BCUT2D eigenvalue weighted by atomic mass is 10.1. The van der Waals surface area contributed by atoms with Gasteiger partial charge in [-0.15, -0.1) is 11.3 Å². The largest absolute Gasteiger partial charge is 0.337 e. The number of pyridine rings is 1. The van der Waals surface area contributed by atoms with Crippen LogP contribution in [0.25, 0.3) is 0 Å². The third kappa shape index (κ3) is 4.14. The fourth-order valence-corrected chi connectivity index (χ4v) is 4.89. The fraction of sp³-hybridized carbons (Fsp3) is 0.455. The van der Waals surface area contributed by atoms with Gasteiger partial charge >= 0.3 is 6.03 Å². The third-order valence-corrected chi connectivity index (χ3v) is 6.50. The number of carbonyl (C=O) groups is 3. The zero-order chi connectivity index (χ0) is 22.1. The number of nitrogens with one attached hydrogen (secondary N) is 1. The van der Waals surface area contributed by atoms with E-state index in [1.165, 1.54) is 11.3 Å². The Bertz CT molecular complexity index is 977. The van der Waals surface area contributed by atoms with E-state index in [1.807, 2.05) is 44.4 Å². The minimum absolute atomic E-state index is 0.0232. The van der Waals surface area contributed by atoms with Crippen molar-refractivity contribution < 1.29 is 14.4 Å². The first-order valence-electron chi connectivity index (χ1n) is 10.5. The summed E-state index contributed by atoms with van der Waals surface area (Å²) in [6.45, 7) is 7.37. The van der Waals surface area contributed by atoms with Crippen LogP contribution < -0.4 is 10.2 Å². The molecule has 4 amide bonds. The Hall–Kier alpha value is -2.94. The number of fused-ring (bicyclic) bond motifs is 2. The molecule has 2 aromatic rings. The zero-order valence-corrected chi connectivity index (χ0v) is 18.8. The number of rotatable bonds is 4. The Morgan fingerprint density at radius 1 is 1.23 bits per heavy atom. The van der Waals surface area contributed by atoms with Gasteiger partial charge in [-0.3, -0.25) is 19.5 Å². The Labute approximate surface area is 185 Å².